The Balaban J connectivity index is 1.67. The Kier molecular flexibility index (Phi) is 6.96. The summed E-state index contributed by atoms with van der Waals surface area (Å²) in [5.74, 6) is 1.14. The van der Waals surface area contributed by atoms with Gasteiger partial charge < -0.3 is 24.3 Å². The van der Waals surface area contributed by atoms with E-state index in [1.807, 2.05) is 71.8 Å². The number of anilines is 2. The summed E-state index contributed by atoms with van der Waals surface area (Å²) in [7, 11) is -0.416. The Morgan fingerprint density at radius 3 is 2.53 bits per heavy atom. The van der Waals surface area contributed by atoms with E-state index in [0.717, 1.165) is 29.1 Å². The van der Waals surface area contributed by atoms with Crippen LogP contribution in [0.2, 0.25) is 0 Å². The van der Waals surface area contributed by atoms with Crippen LogP contribution in [0.5, 0.6) is 11.5 Å². The standard InChI is InChI=1S/C27H27N5O4S2/c1-35-20-9-6-8-18(16-20)31-15-7-11-23(31)26-25(21-10-4-5-14-28-21)29-27(37)32(26)19-12-13-24(36-2)22(17-19)30-38(3,33)34/h4-17,25-26,30H,1-3H3,(H,29,37)/t25-,26-/m0/s1. The van der Waals surface area contributed by atoms with Crippen LogP contribution in [-0.2, 0) is 10.0 Å². The Morgan fingerprint density at radius 1 is 0.974 bits per heavy atom. The Hall–Kier alpha value is -4.09. The molecule has 38 heavy (non-hydrogen) atoms. The number of hydrogen-bond donors (Lipinski definition) is 2. The smallest absolute Gasteiger partial charge is 0.229 e. The van der Waals surface area contributed by atoms with E-state index in [9.17, 15) is 8.42 Å². The van der Waals surface area contributed by atoms with Gasteiger partial charge in [-0.2, -0.15) is 0 Å². The van der Waals surface area contributed by atoms with E-state index in [1.165, 1.54) is 7.11 Å². The van der Waals surface area contributed by atoms with Crippen molar-refractivity contribution in [2.24, 2.45) is 0 Å². The van der Waals surface area contributed by atoms with Crippen molar-refractivity contribution in [1.29, 1.82) is 0 Å². The average molecular weight is 550 g/mol. The van der Waals surface area contributed by atoms with E-state index < -0.39 is 10.0 Å². The molecule has 2 N–H and O–H groups in total. The van der Waals surface area contributed by atoms with Crippen LogP contribution >= 0.6 is 12.2 Å². The zero-order valence-corrected chi connectivity index (χ0v) is 22.7. The van der Waals surface area contributed by atoms with E-state index in [1.54, 1.807) is 25.4 Å². The summed E-state index contributed by atoms with van der Waals surface area (Å²) in [6.45, 7) is 0. The van der Waals surface area contributed by atoms with Gasteiger partial charge in [0.05, 0.1) is 37.9 Å². The van der Waals surface area contributed by atoms with E-state index >= 15 is 0 Å². The van der Waals surface area contributed by atoms with E-state index in [2.05, 4.69) is 19.6 Å². The summed E-state index contributed by atoms with van der Waals surface area (Å²) < 4.78 is 39.6. The number of ether oxygens (including phenoxy) is 2. The molecule has 2 aromatic heterocycles. The molecule has 0 saturated carbocycles. The summed E-state index contributed by atoms with van der Waals surface area (Å²) in [6, 6.07) is 22.3. The van der Waals surface area contributed by atoms with E-state index in [4.69, 9.17) is 21.7 Å². The van der Waals surface area contributed by atoms with Gasteiger partial charge in [-0.05, 0) is 66.8 Å². The van der Waals surface area contributed by atoms with Crippen molar-refractivity contribution in [2.75, 3.05) is 30.1 Å². The molecule has 0 radical (unpaired) electrons. The van der Waals surface area contributed by atoms with Gasteiger partial charge in [-0.1, -0.05) is 12.1 Å². The third kappa shape index (κ3) is 5.02. The lowest BCUT2D eigenvalue weighted by Crippen LogP contribution is -2.30. The van der Waals surface area contributed by atoms with Gasteiger partial charge in [0.1, 0.15) is 17.5 Å². The number of hydrogen-bond acceptors (Lipinski definition) is 6. The fourth-order valence-electron chi connectivity index (χ4n) is 4.69. The molecular formula is C27H27N5O4S2. The predicted octanol–water partition coefficient (Wildman–Crippen LogP) is 4.44. The minimum atomic E-state index is -3.55. The summed E-state index contributed by atoms with van der Waals surface area (Å²) in [5, 5.41) is 3.93. The van der Waals surface area contributed by atoms with Crippen molar-refractivity contribution >= 4 is 38.7 Å². The van der Waals surface area contributed by atoms with Crippen molar-refractivity contribution < 1.29 is 17.9 Å². The molecule has 11 heteroatoms. The molecular weight excluding hydrogens is 522 g/mol. The molecule has 0 bridgehead atoms. The van der Waals surface area contributed by atoms with Gasteiger partial charge in [0.2, 0.25) is 10.0 Å². The molecule has 0 aliphatic carbocycles. The number of sulfonamides is 1. The molecule has 2 aromatic carbocycles. The van der Waals surface area contributed by atoms with Crippen molar-refractivity contribution in [2.45, 2.75) is 12.1 Å². The molecule has 196 valence electrons. The van der Waals surface area contributed by atoms with Crippen LogP contribution in [0.25, 0.3) is 5.69 Å². The topological polar surface area (TPSA) is 97.7 Å². The Labute approximate surface area is 227 Å². The lowest BCUT2D eigenvalue weighted by molar-refractivity contribution is 0.414. The highest BCUT2D eigenvalue weighted by Crippen LogP contribution is 2.44. The molecule has 3 heterocycles. The average Bonchev–Trinajstić information content (AvgIpc) is 3.52. The largest absolute Gasteiger partial charge is 0.497 e. The van der Waals surface area contributed by atoms with E-state index in [-0.39, 0.29) is 12.1 Å². The maximum atomic E-state index is 12.1. The molecule has 1 saturated heterocycles. The van der Waals surface area contributed by atoms with Gasteiger partial charge in [0.15, 0.2) is 5.11 Å². The first-order valence-corrected chi connectivity index (χ1v) is 14.1. The monoisotopic (exact) mass is 549 g/mol. The quantitative estimate of drug-likeness (QED) is 0.312. The molecule has 2 atom stereocenters. The number of nitrogens with zero attached hydrogens (tertiary/aromatic N) is 3. The maximum absolute atomic E-state index is 12.1. The van der Waals surface area contributed by atoms with Crippen molar-refractivity contribution in [3.8, 4) is 17.2 Å². The molecule has 1 aliphatic rings. The highest BCUT2D eigenvalue weighted by atomic mass is 32.2. The number of pyridine rings is 1. The summed E-state index contributed by atoms with van der Waals surface area (Å²) in [6.07, 6.45) is 4.84. The number of nitrogens with one attached hydrogen (secondary N) is 2. The van der Waals surface area contributed by atoms with Gasteiger partial charge in [0.25, 0.3) is 0 Å². The molecule has 1 fully saturated rings. The second kappa shape index (κ2) is 10.3. The summed E-state index contributed by atoms with van der Waals surface area (Å²) >= 11 is 5.85. The Morgan fingerprint density at radius 2 is 1.82 bits per heavy atom. The van der Waals surface area contributed by atoms with Gasteiger partial charge in [-0.15, -0.1) is 0 Å². The minimum Gasteiger partial charge on any atom is -0.497 e. The Bertz CT molecular complexity index is 1570. The van der Waals surface area contributed by atoms with Crippen LogP contribution in [0.3, 0.4) is 0 Å². The van der Waals surface area contributed by atoms with Crippen LogP contribution in [0.15, 0.2) is 85.2 Å². The lowest BCUT2D eigenvalue weighted by Gasteiger charge is -2.29. The van der Waals surface area contributed by atoms with Gasteiger partial charge >= 0.3 is 0 Å². The fraction of sp³-hybridized carbons (Fsp3) is 0.185. The number of thiocarbonyl (C=S) groups is 1. The number of aromatic nitrogens is 2. The fourth-order valence-corrected chi connectivity index (χ4v) is 5.59. The normalized spacial score (nSPS) is 17.2. The summed E-state index contributed by atoms with van der Waals surface area (Å²) in [5.41, 5.74) is 3.71. The lowest BCUT2D eigenvalue weighted by atomic mass is 10.0. The highest BCUT2D eigenvalue weighted by Gasteiger charge is 2.42. The zero-order valence-electron chi connectivity index (χ0n) is 21.0. The molecule has 9 nitrogen and oxygen atoms in total. The van der Waals surface area contributed by atoms with Crippen molar-refractivity contribution in [1.82, 2.24) is 14.9 Å². The van der Waals surface area contributed by atoms with Crippen LogP contribution in [-0.4, -0.2) is 43.6 Å². The molecule has 4 aromatic rings. The van der Waals surface area contributed by atoms with Crippen LogP contribution in [0.1, 0.15) is 23.5 Å². The predicted molar refractivity (Wildman–Crippen MR) is 152 cm³/mol. The first-order valence-electron chi connectivity index (χ1n) is 11.8. The number of benzene rings is 2. The van der Waals surface area contributed by atoms with E-state index in [0.29, 0.717) is 22.2 Å². The van der Waals surface area contributed by atoms with Crippen LogP contribution in [0, 0.1) is 0 Å². The SMILES string of the molecule is COc1cccc(-n2cccc2[C@H]2[C@H](c3ccccn3)NC(=S)N2c2ccc(OC)c(NS(C)(=O)=O)c2)c1. The first-order chi connectivity index (χ1) is 18.3. The van der Waals surface area contributed by atoms with Gasteiger partial charge in [0, 0.05) is 35.5 Å². The third-order valence-electron chi connectivity index (χ3n) is 6.27. The number of methoxy groups -OCH3 is 2. The second-order valence-electron chi connectivity index (χ2n) is 8.76. The number of rotatable bonds is 8. The van der Waals surface area contributed by atoms with Crippen LogP contribution in [0.4, 0.5) is 11.4 Å². The molecule has 0 spiro atoms. The van der Waals surface area contributed by atoms with Gasteiger partial charge in [-0.25, -0.2) is 8.42 Å². The first kappa shape index (κ1) is 25.6. The summed E-state index contributed by atoms with van der Waals surface area (Å²) in [4.78, 5) is 6.60. The second-order valence-corrected chi connectivity index (χ2v) is 10.9. The molecule has 0 amide bonds. The van der Waals surface area contributed by atoms with Crippen LogP contribution < -0.4 is 24.4 Å². The highest BCUT2D eigenvalue weighted by molar-refractivity contribution is 7.92. The third-order valence-corrected chi connectivity index (χ3v) is 7.17. The maximum Gasteiger partial charge on any atom is 0.229 e. The van der Waals surface area contributed by atoms with Gasteiger partial charge in [-0.3, -0.25) is 9.71 Å². The molecule has 5 rings (SSSR count). The minimum absolute atomic E-state index is 0.281. The zero-order chi connectivity index (χ0) is 26.9. The van der Waals surface area contributed by atoms with Crippen molar-refractivity contribution in [3.05, 3.63) is 96.6 Å². The van der Waals surface area contributed by atoms with Crippen molar-refractivity contribution in [3.63, 3.8) is 0 Å². The molecule has 0 unspecified atom stereocenters. The molecule has 1 aliphatic heterocycles.